The summed E-state index contributed by atoms with van der Waals surface area (Å²) in [7, 11) is 1.58. The first kappa shape index (κ1) is 18.8. The minimum atomic E-state index is -0.552. The molecule has 0 unspecified atom stereocenters. The molecule has 1 aromatic heterocycles. The van der Waals surface area contributed by atoms with E-state index in [2.05, 4.69) is 20.8 Å². The maximum Gasteiger partial charge on any atom is 0.319 e. The Bertz CT molecular complexity index is 798. The van der Waals surface area contributed by atoms with E-state index in [-0.39, 0.29) is 17.5 Å². The van der Waals surface area contributed by atoms with Crippen molar-refractivity contribution in [2.24, 2.45) is 5.92 Å². The predicted octanol–water partition coefficient (Wildman–Crippen LogP) is 1.02. The molecule has 2 aromatic rings. The standard InChI is InChI=1S/C17H21FN6O3/c1-27-5-4-23-9-12(6-16(23)25)8-19-17(26)22-15-7-13(2-3-14(15)18)24-10-20-21-11-24/h2-3,7,10-12H,4-6,8-9H2,1H3,(H2,19,22,26)/t12-/m1/s1. The molecule has 0 bridgehead atoms. The lowest BCUT2D eigenvalue weighted by molar-refractivity contribution is -0.128. The molecule has 144 valence electrons. The number of likely N-dealkylation sites (tertiary alicyclic amines) is 1. The number of hydrogen-bond donors (Lipinski definition) is 2. The molecule has 1 atom stereocenters. The van der Waals surface area contributed by atoms with Gasteiger partial charge in [0.2, 0.25) is 5.91 Å². The molecule has 10 heteroatoms. The molecule has 1 aliphatic heterocycles. The molecule has 0 aliphatic carbocycles. The zero-order valence-electron chi connectivity index (χ0n) is 14.9. The summed E-state index contributed by atoms with van der Waals surface area (Å²) < 4.78 is 20.6. The minimum Gasteiger partial charge on any atom is -0.383 e. The number of urea groups is 1. The largest absolute Gasteiger partial charge is 0.383 e. The van der Waals surface area contributed by atoms with Crippen molar-refractivity contribution < 1.29 is 18.7 Å². The number of nitrogens with zero attached hydrogens (tertiary/aromatic N) is 4. The molecule has 0 saturated carbocycles. The number of benzene rings is 1. The third-order valence-electron chi connectivity index (χ3n) is 4.33. The second kappa shape index (κ2) is 8.58. The molecule has 1 fully saturated rings. The number of amides is 3. The average molecular weight is 376 g/mol. The van der Waals surface area contributed by atoms with Gasteiger partial charge in [-0.25, -0.2) is 9.18 Å². The van der Waals surface area contributed by atoms with Crippen LogP contribution in [0.2, 0.25) is 0 Å². The summed E-state index contributed by atoms with van der Waals surface area (Å²) in [5.41, 5.74) is 0.662. The van der Waals surface area contributed by atoms with Gasteiger partial charge in [-0.1, -0.05) is 0 Å². The maximum atomic E-state index is 14.0. The summed E-state index contributed by atoms with van der Waals surface area (Å²) in [6, 6.07) is 3.77. The number of anilines is 1. The second-order valence-electron chi connectivity index (χ2n) is 6.27. The molecule has 1 aliphatic rings. The summed E-state index contributed by atoms with van der Waals surface area (Å²) in [6.07, 6.45) is 3.33. The van der Waals surface area contributed by atoms with Crippen molar-refractivity contribution in [3.8, 4) is 5.69 Å². The van der Waals surface area contributed by atoms with Crippen LogP contribution in [0.25, 0.3) is 5.69 Å². The lowest BCUT2D eigenvalue weighted by Crippen LogP contribution is -2.35. The van der Waals surface area contributed by atoms with Crippen molar-refractivity contribution in [1.29, 1.82) is 0 Å². The van der Waals surface area contributed by atoms with Crippen molar-refractivity contribution in [2.75, 3.05) is 38.7 Å². The lowest BCUT2D eigenvalue weighted by Gasteiger charge is -2.16. The summed E-state index contributed by atoms with van der Waals surface area (Å²) >= 11 is 0. The van der Waals surface area contributed by atoms with E-state index in [1.807, 2.05) is 0 Å². The first-order valence-electron chi connectivity index (χ1n) is 8.53. The monoisotopic (exact) mass is 376 g/mol. The van der Waals surface area contributed by atoms with Crippen LogP contribution >= 0.6 is 0 Å². The molecule has 2 heterocycles. The highest BCUT2D eigenvalue weighted by atomic mass is 19.1. The van der Waals surface area contributed by atoms with Crippen LogP contribution in [0.1, 0.15) is 6.42 Å². The number of halogens is 1. The highest BCUT2D eigenvalue weighted by Crippen LogP contribution is 2.19. The van der Waals surface area contributed by atoms with Crippen LogP contribution in [0, 0.1) is 11.7 Å². The van der Waals surface area contributed by atoms with E-state index in [0.29, 0.717) is 38.3 Å². The molecule has 27 heavy (non-hydrogen) atoms. The number of ether oxygens (including phenoxy) is 1. The van der Waals surface area contributed by atoms with Crippen LogP contribution in [0.4, 0.5) is 14.9 Å². The zero-order valence-corrected chi connectivity index (χ0v) is 14.9. The SMILES string of the molecule is COCCN1C[C@@H](CNC(=O)Nc2cc(-n3cnnc3)ccc2F)CC1=O. The van der Waals surface area contributed by atoms with E-state index < -0.39 is 11.8 Å². The Balaban J connectivity index is 1.53. The molecule has 1 aromatic carbocycles. The van der Waals surface area contributed by atoms with Crippen molar-refractivity contribution in [2.45, 2.75) is 6.42 Å². The van der Waals surface area contributed by atoms with Gasteiger partial charge in [0.15, 0.2) is 0 Å². The number of rotatable bonds is 7. The Labute approximate surface area is 155 Å². The molecule has 0 spiro atoms. The van der Waals surface area contributed by atoms with E-state index in [1.165, 1.54) is 24.8 Å². The van der Waals surface area contributed by atoms with E-state index in [1.54, 1.807) is 22.6 Å². The minimum absolute atomic E-state index is 0.0216. The molecule has 9 nitrogen and oxygen atoms in total. The fraction of sp³-hybridized carbons (Fsp3) is 0.412. The zero-order chi connectivity index (χ0) is 19.2. The van der Waals surface area contributed by atoms with Crippen molar-refractivity contribution >= 4 is 17.6 Å². The van der Waals surface area contributed by atoms with Gasteiger partial charge in [-0.05, 0) is 18.2 Å². The fourth-order valence-electron chi connectivity index (χ4n) is 2.92. The van der Waals surface area contributed by atoms with Crippen molar-refractivity contribution in [3.63, 3.8) is 0 Å². The quantitative estimate of drug-likeness (QED) is 0.751. The number of nitrogens with one attached hydrogen (secondary N) is 2. The van der Waals surface area contributed by atoms with Gasteiger partial charge in [-0.2, -0.15) is 0 Å². The highest BCUT2D eigenvalue weighted by Gasteiger charge is 2.29. The Morgan fingerprint density at radius 2 is 2.15 bits per heavy atom. The molecular weight excluding hydrogens is 355 g/mol. The van der Waals surface area contributed by atoms with Crippen molar-refractivity contribution in [3.05, 3.63) is 36.7 Å². The predicted molar refractivity (Wildman–Crippen MR) is 94.9 cm³/mol. The number of aromatic nitrogens is 3. The first-order chi connectivity index (χ1) is 13.1. The Kier molecular flexibility index (Phi) is 5.97. The highest BCUT2D eigenvalue weighted by molar-refractivity contribution is 5.89. The normalized spacial score (nSPS) is 16.6. The molecule has 2 N–H and O–H groups in total. The first-order valence-corrected chi connectivity index (χ1v) is 8.53. The van der Waals surface area contributed by atoms with Crippen LogP contribution in [0.5, 0.6) is 0 Å². The number of methoxy groups -OCH3 is 1. The van der Waals surface area contributed by atoms with Crippen LogP contribution in [-0.2, 0) is 9.53 Å². The molecule has 3 rings (SSSR count). The van der Waals surface area contributed by atoms with Gasteiger partial charge in [-0.3, -0.25) is 9.36 Å². The fourth-order valence-corrected chi connectivity index (χ4v) is 2.92. The Morgan fingerprint density at radius 1 is 1.37 bits per heavy atom. The van der Waals surface area contributed by atoms with Gasteiger partial charge in [0.1, 0.15) is 18.5 Å². The van der Waals surface area contributed by atoms with Crippen LogP contribution < -0.4 is 10.6 Å². The molecule has 1 saturated heterocycles. The maximum absolute atomic E-state index is 14.0. The van der Waals surface area contributed by atoms with Crippen LogP contribution in [0.15, 0.2) is 30.9 Å². The van der Waals surface area contributed by atoms with Gasteiger partial charge in [0.25, 0.3) is 0 Å². The van der Waals surface area contributed by atoms with Crippen molar-refractivity contribution in [1.82, 2.24) is 25.0 Å². The van der Waals surface area contributed by atoms with Gasteiger partial charge < -0.3 is 20.3 Å². The third kappa shape index (κ3) is 4.79. The van der Waals surface area contributed by atoms with Crippen LogP contribution in [-0.4, -0.2) is 65.0 Å². The third-order valence-corrected chi connectivity index (χ3v) is 4.33. The Morgan fingerprint density at radius 3 is 2.89 bits per heavy atom. The van der Waals surface area contributed by atoms with Crippen LogP contribution in [0.3, 0.4) is 0 Å². The topological polar surface area (TPSA) is 101 Å². The van der Waals surface area contributed by atoms with Gasteiger partial charge in [0, 0.05) is 39.1 Å². The van der Waals surface area contributed by atoms with Gasteiger partial charge in [-0.15, -0.1) is 10.2 Å². The van der Waals surface area contributed by atoms with E-state index in [9.17, 15) is 14.0 Å². The van der Waals surface area contributed by atoms with E-state index >= 15 is 0 Å². The smallest absolute Gasteiger partial charge is 0.319 e. The van der Waals surface area contributed by atoms with E-state index in [4.69, 9.17) is 4.74 Å². The summed E-state index contributed by atoms with van der Waals surface area (Å²) in [5, 5.41) is 12.6. The van der Waals surface area contributed by atoms with E-state index in [0.717, 1.165) is 0 Å². The number of carbonyl (C=O) groups excluding carboxylic acids is 2. The molecular formula is C17H21FN6O3. The average Bonchev–Trinajstić information content (AvgIpc) is 3.30. The second-order valence-corrected chi connectivity index (χ2v) is 6.27. The lowest BCUT2D eigenvalue weighted by atomic mass is 10.1. The number of carbonyl (C=O) groups is 2. The van der Waals surface area contributed by atoms with Gasteiger partial charge in [0.05, 0.1) is 18.0 Å². The number of hydrogen-bond acceptors (Lipinski definition) is 5. The molecule has 3 amide bonds. The molecule has 0 radical (unpaired) electrons. The Hall–Kier alpha value is -3.01. The van der Waals surface area contributed by atoms with Gasteiger partial charge >= 0.3 is 6.03 Å². The summed E-state index contributed by atoms with van der Waals surface area (Å²) in [5.74, 6) is -0.482. The summed E-state index contributed by atoms with van der Waals surface area (Å²) in [6.45, 7) is 1.92. The summed E-state index contributed by atoms with van der Waals surface area (Å²) in [4.78, 5) is 25.7.